The van der Waals surface area contributed by atoms with Gasteiger partial charge in [0, 0.05) is 19.5 Å². The Labute approximate surface area is 113 Å². The van der Waals surface area contributed by atoms with Crippen molar-refractivity contribution in [3.05, 3.63) is 35.1 Å². The largest absolute Gasteiger partial charge is 0.419 e. The number of likely N-dealkylation sites (N-methyl/N-ethyl adjacent to an activating group) is 1. The lowest BCUT2D eigenvalue weighted by molar-refractivity contribution is -0.140. The number of alkyl halides is 3. The smallest absolute Gasteiger partial charge is 0.337 e. The number of likely N-dealkylation sites (tertiary alicyclic amines) is 1. The number of hydrogen-bond donors (Lipinski definition) is 1. The van der Waals surface area contributed by atoms with Gasteiger partial charge in [-0.25, -0.2) is 4.39 Å². The molecule has 7 heteroatoms. The van der Waals surface area contributed by atoms with Crippen molar-refractivity contribution in [3.63, 3.8) is 0 Å². The summed E-state index contributed by atoms with van der Waals surface area (Å²) >= 11 is 0. The Morgan fingerprint density at radius 1 is 1.35 bits per heavy atom. The van der Waals surface area contributed by atoms with Gasteiger partial charge in [-0.3, -0.25) is 4.79 Å². The van der Waals surface area contributed by atoms with Crippen molar-refractivity contribution in [2.24, 2.45) is 5.73 Å². The highest BCUT2D eigenvalue weighted by Crippen LogP contribution is 2.36. The van der Waals surface area contributed by atoms with Gasteiger partial charge in [0.1, 0.15) is 5.82 Å². The third-order valence-electron chi connectivity index (χ3n) is 3.55. The fraction of sp³-hybridized carbons (Fsp3) is 0.462. The second-order valence-electron chi connectivity index (χ2n) is 4.89. The van der Waals surface area contributed by atoms with Gasteiger partial charge in [0.2, 0.25) is 5.91 Å². The molecule has 0 aliphatic carbocycles. The van der Waals surface area contributed by atoms with Gasteiger partial charge in [-0.2, -0.15) is 13.2 Å². The molecule has 0 saturated carbocycles. The Morgan fingerprint density at radius 2 is 2.00 bits per heavy atom. The molecule has 0 aromatic heterocycles. The molecule has 1 aliphatic heterocycles. The number of rotatable bonds is 1. The summed E-state index contributed by atoms with van der Waals surface area (Å²) in [4.78, 5) is 13.0. The molecule has 1 aromatic rings. The first-order chi connectivity index (χ1) is 9.21. The van der Waals surface area contributed by atoms with E-state index in [0.29, 0.717) is 6.42 Å². The average Bonchev–Trinajstić information content (AvgIpc) is 2.35. The molecule has 1 saturated heterocycles. The van der Waals surface area contributed by atoms with Crippen LogP contribution in [0.25, 0.3) is 0 Å². The minimum absolute atomic E-state index is 0.186. The molecule has 1 amide bonds. The van der Waals surface area contributed by atoms with Crippen LogP contribution in [0.4, 0.5) is 17.6 Å². The zero-order valence-corrected chi connectivity index (χ0v) is 10.7. The second-order valence-corrected chi connectivity index (χ2v) is 4.89. The van der Waals surface area contributed by atoms with E-state index in [1.807, 2.05) is 0 Å². The van der Waals surface area contributed by atoms with Crippen LogP contribution in [0.3, 0.4) is 0 Å². The third-order valence-corrected chi connectivity index (χ3v) is 3.55. The minimum atomic E-state index is -4.78. The molecule has 1 aliphatic rings. The Morgan fingerprint density at radius 3 is 2.60 bits per heavy atom. The fourth-order valence-electron chi connectivity index (χ4n) is 2.48. The number of benzene rings is 1. The average molecular weight is 290 g/mol. The Hall–Kier alpha value is -1.63. The number of nitrogens with zero attached hydrogens (tertiary/aromatic N) is 1. The van der Waals surface area contributed by atoms with Gasteiger partial charge in [-0.1, -0.05) is 6.07 Å². The lowest BCUT2D eigenvalue weighted by atomic mass is 9.90. The van der Waals surface area contributed by atoms with Crippen molar-refractivity contribution in [1.29, 1.82) is 0 Å². The first-order valence-electron chi connectivity index (χ1n) is 6.09. The summed E-state index contributed by atoms with van der Waals surface area (Å²) in [7, 11) is 1.49. The third kappa shape index (κ3) is 2.63. The molecule has 20 heavy (non-hydrogen) atoms. The molecule has 1 aromatic carbocycles. The predicted octanol–water partition coefficient (Wildman–Crippen LogP) is 2.47. The molecule has 1 fully saturated rings. The number of piperidine rings is 1. The Kier molecular flexibility index (Phi) is 3.73. The first kappa shape index (κ1) is 14.8. The monoisotopic (exact) mass is 290 g/mol. The summed E-state index contributed by atoms with van der Waals surface area (Å²) in [6.45, 7) is 0. The zero-order chi connectivity index (χ0) is 15.1. The van der Waals surface area contributed by atoms with Gasteiger partial charge in [0.05, 0.1) is 11.6 Å². The number of hydrogen-bond acceptors (Lipinski definition) is 2. The highest BCUT2D eigenvalue weighted by molar-refractivity contribution is 5.77. The minimum Gasteiger partial charge on any atom is -0.337 e. The van der Waals surface area contributed by atoms with Crippen LogP contribution in [0.15, 0.2) is 18.2 Å². The van der Waals surface area contributed by atoms with Crippen LogP contribution >= 0.6 is 0 Å². The highest BCUT2D eigenvalue weighted by atomic mass is 19.4. The van der Waals surface area contributed by atoms with Gasteiger partial charge in [-0.15, -0.1) is 0 Å². The molecule has 0 spiro atoms. The Bertz CT molecular complexity index is 530. The molecule has 2 atom stereocenters. The fourth-order valence-corrected chi connectivity index (χ4v) is 2.48. The number of amides is 1. The van der Waals surface area contributed by atoms with Crippen molar-refractivity contribution in [3.8, 4) is 0 Å². The van der Waals surface area contributed by atoms with Gasteiger partial charge in [0.15, 0.2) is 0 Å². The molecule has 2 rings (SSSR count). The summed E-state index contributed by atoms with van der Waals surface area (Å²) in [5.41, 5.74) is 4.75. The molecule has 0 radical (unpaired) electrons. The molecule has 2 N–H and O–H groups in total. The maximum atomic E-state index is 13.3. The Balaban J connectivity index is 2.44. The molecule has 110 valence electrons. The van der Waals surface area contributed by atoms with E-state index in [1.54, 1.807) is 0 Å². The van der Waals surface area contributed by atoms with Crippen LogP contribution in [0.5, 0.6) is 0 Å². The van der Waals surface area contributed by atoms with Gasteiger partial charge in [0.25, 0.3) is 0 Å². The topological polar surface area (TPSA) is 46.3 Å². The van der Waals surface area contributed by atoms with Crippen LogP contribution in [0, 0.1) is 5.82 Å². The molecule has 0 bridgehead atoms. The van der Waals surface area contributed by atoms with Crippen LogP contribution in [0.1, 0.15) is 30.0 Å². The molecule has 2 unspecified atom stereocenters. The number of nitrogens with two attached hydrogens (primary N) is 1. The van der Waals surface area contributed by atoms with E-state index in [-0.39, 0.29) is 17.9 Å². The number of carbonyl (C=O) groups excluding carboxylic acids is 1. The standard InChI is InChI=1S/C13H14F4N2O/c1-19-11(20)5-4-10(18)12(19)7-2-3-9(14)8(6-7)13(15,16)17/h2-3,6,10,12H,4-5,18H2,1H3. The van der Waals surface area contributed by atoms with Crippen molar-refractivity contribution < 1.29 is 22.4 Å². The number of halogens is 4. The van der Waals surface area contributed by atoms with E-state index in [0.717, 1.165) is 12.1 Å². The van der Waals surface area contributed by atoms with Gasteiger partial charge < -0.3 is 10.6 Å². The predicted molar refractivity (Wildman–Crippen MR) is 64.1 cm³/mol. The van der Waals surface area contributed by atoms with Crippen LogP contribution in [-0.4, -0.2) is 23.9 Å². The van der Waals surface area contributed by atoms with Crippen LogP contribution in [-0.2, 0) is 11.0 Å². The summed E-state index contributed by atoms with van der Waals surface area (Å²) in [5.74, 6) is -1.52. The summed E-state index contributed by atoms with van der Waals surface area (Å²) in [6, 6.07) is 1.60. The van der Waals surface area contributed by atoms with Gasteiger partial charge in [-0.05, 0) is 24.1 Å². The van der Waals surface area contributed by atoms with E-state index in [9.17, 15) is 22.4 Å². The lowest BCUT2D eigenvalue weighted by Gasteiger charge is -2.37. The highest BCUT2D eigenvalue weighted by Gasteiger charge is 2.37. The quantitative estimate of drug-likeness (QED) is 0.808. The van der Waals surface area contributed by atoms with E-state index in [4.69, 9.17) is 5.73 Å². The van der Waals surface area contributed by atoms with Crippen molar-refractivity contribution in [2.45, 2.75) is 31.1 Å². The van der Waals surface area contributed by atoms with Crippen molar-refractivity contribution in [2.75, 3.05) is 7.05 Å². The lowest BCUT2D eigenvalue weighted by Crippen LogP contribution is -2.46. The van der Waals surface area contributed by atoms with E-state index in [2.05, 4.69) is 0 Å². The SMILES string of the molecule is CN1C(=O)CCC(N)C1c1ccc(F)c(C(F)(F)F)c1. The summed E-state index contributed by atoms with van der Waals surface area (Å²) in [5, 5.41) is 0. The zero-order valence-electron chi connectivity index (χ0n) is 10.7. The number of carbonyl (C=O) groups is 1. The maximum absolute atomic E-state index is 13.3. The van der Waals surface area contributed by atoms with Crippen molar-refractivity contribution >= 4 is 5.91 Å². The van der Waals surface area contributed by atoms with Gasteiger partial charge >= 0.3 is 6.18 Å². The van der Waals surface area contributed by atoms with E-state index < -0.39 is 29.6 Å². The van der Waals surface area contributed by atoms with Crippen LogP contribution < -0.4 is 5.73 Å². The maximum Gasteiger partial charge on any atom is 0.419 e. The second kappa shape index (κ2) is 5.05. The first-order valence-corrected chi connectivity index (χ1v) is 6.09. The molecule has 1 heterocycles. The summed E-state index contributed by atoms with van der Waals surface area (Å²) in [6.07, 6.45) is -4.12. The van der Waals surface area contributed by atoms with Crippen LogP contribution in [0.2, 0.25) is 0 Å². The molecule has 3 nitrogen and oxygen atoms in total. The molecular weight excluding hydrogens is 276 g/mol. The van der Waals surface area contributed by atoms with Crippen molar-refractivity contribution in [1.82, 2.24) is 4.90 Å². The normalized spacial score (nSPS) is 24.1. The molecular formula is C13H14F4N2O. The van der Waals surface area contributed by atoms with E-state index in [1.165, 1.54) is 18.0 Å². The summed E-state index contributed by atoms with van der Waals surface area (Å²) < 4.78 is 51.4. The van der Waals surface area contributed by atoms with E-state index >= 15 is 0 Å².